The molecule has 266 valence electrons. The molecule has 8 aromatic carbocycles. The third kappa shape index (κ3) is 5.19. The van der Waals surface area contributed by atoms with E-state index in [4.69, 9.17) is 19.4 Å². The quantitative estimate of drug-likeness (QED) is 0.176. The SMILES string of the molecule is c1ccc(-c2ccc(-n3c4ccccc4c4cc5oc6cc(-c7nc(-c8ccccc8)nc(-c8ccc9c(c8)sc8ccccc89)n7)ccc6c5cc43)cc2)cc1. The molecule has 0 bridgehead atoms. The number of para-hydroxylation sites is 1. The predicted octanol–water partition coefficient (Wildman–Crippen LogP) is 13.9. The lowest BCUT2D eigenvalue weighted by atomic mass is 10.1. The highest BCUT2D eigenvalue weighted by atomic mass is 32.1. The first-order valence-corrected chi connectivity index (χ1v) is 19.8. The van der Waals surface area contributed by atoms with E-state index >= 15 is 0 Å². The van der Waals surface area contributed by atoms with E-state index < -0.39 is 0 Å². The van der Waals surface area contributed by atoms with Crippen LogP contribution in [0.2, 0.25) is 0 Å². The van der Waals surface area contributed by atoms with Crippen LogP contribution in [0.15, 0.2) is 186 Å². The van der Waals surface area contributed by atoms with Gasteiger partial charge in [-0.05, 0) is 65.7 Å². The van der Waals surface area contributed by atoms with Gasteiger partial charge in [0.05, 0.1) is 11.0 Å². The van der Waals surface area contributed by atoms with Crippen LogP contribution < -0.4 is 0 Å². The molecule has 0 aliphatic carbocycles. The van der Waals surface area contributed by atoms with Gasteiger partial charge in [-0.3, -0.25) is 0 Å². The van der Waals surface area contributed by atoms with Gasteiger partial charge in [0.25, 0.3) is 0 Å². The highest BCUT2D eigenvalue weighted by Gasteiger charge is 2.19. The van der Waals surface area contributed by atoms with Gasteiger partial charge in [-0.25, -0.2) is 15.0 Å². The lowest BCUT2D eigenvalue weighted by Gasteiger charge is -2.09. The van der Waals surface area contributed by atoms with Crippen molar-refractivity contribution in [2.24, 2.45) is 0 Å². The van der Waals surface area contributed by atoms with Crippen molar-refractivity contribution in [1.82, 2.24) is 19.5 Å². The molecule has 0 N–H and O–H groups in total. The first-order chi connectivity index (χ1) is 28.2. The maximum Gasteiger partial charge on any atom is 0.164 e. The Balaban J connectivity index is 0.998. The molecule has 0 spiro atoms. The van der Waals surface area contributed by atoms with Crippen molar-refractivity contribution in [2.75, 3.05) is 0 Å². The van der Waals surface area contributed by atoms with Crippen LogP contribution in [0, 0.1) is 0 Å². The molecular weight excluding hydrogens is 717 g/mol. The molecule has 4 heterocycles. The zero-order valence-corrected chi connectivity index (χ0v) is 31.2. The predicted molar refractivity (Wildman–Crippen MR) is 236 cm³/mol. The summed E-state index contributed by atoms with van der Waals surface area (Å²) in [5.41, 5.74) is 10.2. The molecule has 0 atom stereocenters. The molecule has 4 aromatic heterocycles. The molecule has 0 unspecified atom stereocenters. The topological polar surface area (TPSA) is 56.7 Å². The summed E-state index contributed by atoms with van der Waals surface area (Å²) in [7, 11) is 0. The summed E-state index contributed by atoms with van der Waals surface area (Å²) in [6.45, 7) is 0. The summed E-state index contributed by atoms with van der Waals surface area (Å²) >= 11 is 1.79. The molecule has 12 rings (SSSR count). The molecule has 6 heteroatoms. The second kappa shape index (κ2) is 12.6. The number of hydrogen-bond donors (Lipinski definition) is 0. The van der Waals surface area contributed by atoms with E-state index in [2.05, 4.69) is 156 Å². The van der Waals surface area contributed by atoms with Crippen LogP contribution in [-0.4, -0.2) is 19.5 Å². The Bertz CT molecular complexity index is 3510. The largest absolute Gasteiger partial charge is 0.456 e. The van der Waals surface area contributed by atoms with Gasteiger partial charge in [0.1, 0.15) is 11.2 Å². The molecule has 0 aliphatic rings. The normalized spacial score (nSPS) is 11.9. The molecule has 0 radical (unpaired) electrons. The minimum absolute atomic E-state index is 0.596. The zero-order chi connectivity index (χ0) is 37.5. The fraction of sp³-hybridized carbons (Fsp3) is 0. The maximum absolute atomic E-state index is 6.68. The third-order valence-electron chi connectivity index (χ3n) is 11.1. The number of aromatic nitrogens is 4. The third-order valence-corrected chi connectivity index (χ3v) is 12.2. The minimum atomic E-state index is 0.596. The smallest absolute Gasteiger partial charge is 0.164 e. The van der Waals surface area contributed by atoms with Crippen LogP contribution in [0.3, 0.4) is 0 Å². The molecular formula is C51H30N4OS. The second-order valence-corrected chi connectivity index (χ2v) is 15.5. The fourth-order valence-corrected chi connectivity index (χ4v) is 9.45. The molecule has 0 aliphatic heterocycles. The van der Waals surface area contributed by atoms with Crippen molar-refractivity contribution in [3.8, 4) is 51.0 Å². The van der Waals surface area contributed by atoms with Crippen molar-refractivity contribution in [2.45, 2.75) is 0 Å². The van der Waals surface area contributed by atoms with Crippen molar-refractivity contribution < 1.29 is 4.42 Å². The Hall–Kier alpha value is -7.41. The molecule has 5 nitrogen and oxygen atoms in total. The highest BCUT2D eigenvalue weighted by molar-refractivity contribution is 7.25. The van der Waals surface area contributed by atoms with E-state index in [1.54, 1.807) is 11.3 Å². The second-order valence-electron chi connectivity index (χ2n) is 14.4. The Morgan fingerprint density at radius 3 is 1.68 bits per heavy atom. The number of hydrogen-bond acceptors (Lipinski definition) is 5. The van der Waals surface area contributed by atoms with Crippen LogP contribution in [0.25, 0.3) is 115 Å². The molecule has 0 amide bonds. The molecule has 0 saturated carbocycles. The monoisotopic (exact) mass is 746 g/mol. The Morgan fingerprint density at radius 1 is 0.351 bits per heavy atom. The molecule has 57 heavy (non-hydrogen) atoms. The average Bonchev–Trinajstić information content (AvgIpc) is 3.94. The molecule has 12 aromatic rings. The van der Waals surface area contributed by atoms with E-state index in [0.29, 0.717) is 17.5 Å². The van der Waals surface area contributed by atoms with Gasteiger partial charge >= 0.3 is 0 Å². The van der Waals surface area contributed by atoms with Crippen LogP contribution in [0.1, 0.15) is 0 Å². The summed E-state index contributed by atoms with van der Waals surface area (Å²) in [6, 6.07) is 63.9. The number of benzene rings is 8. The van der Waals surface area contributed by atoms with Crippen molar-refractivity contribution >= 4 is 75.3 Å². The molecule has 0 saturated heterocycles. The number of rotatable bonds is 5. The Kier molecular flexibility index (Phi) is 7.03. The van der Waals surface area contributed by atoms with Crippen molar-refractivity contribution in [3.63, 3.8) is 0 Å². The van der Waals surface area contributed by atoms with E-state index in [1.165, 1.54) is 36.7 Å². The first kappa shape index (κ1) is 31.9. The van der Waals surface area contributed by atoms with E-state index in [1.807, 2.05) is 30.3 Å². The summed E-state index contributed by atoms with van der Waals surface area (Å²) in [6.07, 6.45) is 0. The Morgan fingerprint density at radius 2 is 0.912 bits per heavy atom. The Labute approximate surface area is 330 Å². The van der Waals surface area contributed by atoms with Gasteiger partial charge in [-0.15, -0.1) is 11.3 Å². The lowest BCUT2D eigenvalue weighted by molar-refractivity contribution is 0.669. The van der Waals surface area contributed by atoms with Gasteiger partial charge in [0.2, 0.25) is 0 Å². The number of thiophene rings is 1. The van der Waals surface area contributed by atoms with E-state index in [-0.39, 0.29) is 0 Å². The van der Waals surface area contributed by atoms with E-state index in [0.717, 1.165) is 60.7 Å². The average molecular weight is 747 g/mol. The standard InChI is InChI=1S/C51H30N4OS/c1-3-11-31(12-4-1)32-19-23-36(24-20-32)55-43-17-9-7-15-37(43)41-30-46-42(29-44(41)55)38-25-21-34(27-45(38)56-46)50-52-49(33-13-5-2-6-14-33)53-51(54-50)35-22-26-40-39-16-8-10-18-47(39)57-48(40)28-35/h1-30H. The van der Waals surface area contributed by atoms with E-state index in [9.17, 15) is 0 Å². The number of furan rings is 1. The van der Waals surface area contributed by atoms with Gasteiger partial charge in [-0.1, -0.05) is 127 Å². The number of fused-ring (bicyclic) bond motifs is 9. The van der Waals surface area contributed by atoms with Gasteiger partial charge in [0, 0.05) is 64.1 Å². The summed E-state index contributed by atoms with van der Waals surface area (Å²) in [5, 5.41) is 6.94. The summed E-state index contributed by atoms with van der Waals surface area (Å²) < 4.78 is 11.5. The van der Waals surface area contributed by atoms with Crippen molar-refractivity contribution in [3.05, 3.63) is 182 Å². The first-order valence-electron chi connectivity index (χ1n) is 19.0. The van der Waals surface area contributed by atoms with Gasteiger partial charge in [0.15, 0.2) is 17.5 Å². The van der Waals surface area contributed by atoms with Crippen molar-refractivity contribution in [1.29, 1.82) is 0 Å². The van der Waals surface area contributed by atoms with Gasteiger partial charge in [-0.2, -0.15) is 0 Å². The zero-order valence-electron chi connectivity index (χ0n) is 30.4. The minimum Gasteiger partial charge on any atom is -0.456 e. The lowest BCUT2D eigenvalue weighted by Crippen LogP contribution is -2.00. The summed E-state index contributed by atoms with van der Waals surface area (Å²) in [4.78, 5) is 15.2. The summed E-state index contributed by atoms with van der Waals surface area (Å²) in [5.74, 6) is 1.86. The van der Waals surface area contributed by atoms with Crippen LogP contribution in [0.4, 0.5) is 0 Å². The van der Waals surface area contributed by atoms with Crippen LogP contribution in [-0.2, 0) is 0 Å². The fourth-order valence-electron chi connectivity index (χ4n) is 8.30. The highest BCUT2D eigenvalue weighted by Crippen LogP contribution is 2.40. The van der Waals surface area contributed by atoms with Gasteiger partial charge < -0.3 is 8.98 Å². The van der Waals surface area contributed by atoms with Crippen LogP contribution in [0.5, 0.6) is 0 Å². The maximum atomic E-state index is 6.68. The van der Waals surface area contributed by atoms with Crippen LogP contribution >= 0.6 is 11.3 Å². The number of nitrogens with zero attached hydrogens (tertiary/aromatic N) is 4. The molecule has 0 fully saturated rings.